The van der Waals surface area contributed by atoms with Crippen LogP contribution in [0.1, 0.15) is 15.9 Å². The summed E-state index contributed by atoms with van der Waals surface area (Å²) in [7, 11) is -3.90. The van der Waals surface area contributed by atoms with E-state index >= 15 is 0 Å². The lowest BCUT2D eigenvalue weighted by Crippen LogP contribution is -2.31. The number of thioether (sulfide) groups is 1. The molecule has 0 saturated heterocycles. The first-order valence-corrected chi connectivity index (χ1v) is 9.39. The number of hydrogen-bond acceptors (Lipinski definition) is 4. The van der Waals surface area contributed by atoms with E-state index in [1.54, 1.807) is 31.2 Å². The van der Waals surface area contributed by atoms with Crippen LogP contribution in [0.25, 0.3) is 0 Å². The van der Waals surface area contributed by atoms with Crippen LogP contribution in [0.15, 0.2) is 52.3 Å². The van der Waals surface area contributed by atoms with Crippen LogP contribution >= 0.6 is 23.4 Å². The summed E-state index contributed by atoms with van der Waals surface area (Å²) < 4.78 is 26.5. The highest BCUT2D eigenvalue weighted by atomic mass is 35.5. The van der Waals surface area contributed by atoms with Gasteiger partial charge in [-0.1, -0.05) is 11.6 Å². The average molecular weight is 356 g/mol. The molecular formula is C15H14ClNO3S2. The molecule has 0 aliphatic carbocycles. The lowest BCUT2D eigenvalue weighted by molar-refractivity contribution is 0.0981. The summed E-state index contributed by atoms with van der Waals surface area (Å²) in [4.78, 5) is 13.1. The Kier molecular flexibility index (Phi) is 5.16. The number of rotatable bonds is 4. The van der Waals surface area contributed by atoms with Gasteiger partial charge in [0.1, 0.15) is 0 Å². The molecule has 0 radical (unpaired) electrons. The Morgan fingerprint density at radius 3 is 2.32 bits per heavy atom. The van der Waals surface area contributed by atoms with Crippen molar-refractivity contribution in [3.8, 4) is 0 Å². The molecule has 0 bridgehead atoms. The van der Waals surface area contributed by atoms with E-state index in [1.165, 1.54) is 30.0 Å². The lowest BCUT2D eigenvalue weighted by Gasteiger charge is -2.09. The summed E-state index contributed by atoms with van der Waals surface area (Å²) in [5.74, 6) is -0.678. The molecule has 2 aromatic rings. The largest absolute Gasteiger partial charge is 0.268 e. The molecule has 22 heavy (non-hydrogen) atoms. The van der Waals surface area contributed by atoms with Crippen LogP contribution in [-0.4, -0.2) is 20.6 Å². The number of hydrogen-bond donors (Lipinski definition) is 1. The van der Waals surface area contributed by atoms with Crippen molar-refractivity contribution in [2.24, 2.45) is 0 Å². The first kappa shape index (κ1) is 16.9. The topological polar surface area (TPSA) is 63.2 Å². The number of carbonyl (C=O) groups is 1. The summed E-state index contributed by atoms with van der Waals surface area (Å²) in [6.07, 6.45) is 1.90. The Hall–Kier alpha value is -1.50. The molecule has 1 N–H and O–H groups in total. The number of carbonyl (C=O) groups excluding carboxylic acids is 1. The number of benzene rings is 2. The maximum atomic E-state index is 12.2. The van der Waals surface area contributed by atoms with Crippen molar-refractivity contribution in [1.29, 1.82) is 0 Å². The van der Waals surface area contributed by atoms with E-state index in [0.717, 1.165) is 4.90 Å². The lowest BCUT2D eigenvalue weighted by atomic mass is 10.1. The van der Waals surface area contributed by atoms with Gasteiger partial charge in [0.15, 0.2) is 0 Å². The fraction of sp³-hybridized carbons (Fsp3) is 0.133. The zero-order valence-corrected chi connectivity index (χ0v) is 14.3. The fourth-order valence-electron chi connectivity index (χ4n) is 1.87. The van der Waals surface area contributed by atoms with Crippen LogP contribution in [0, 0.1) is 6.92 Å². The van der Waals surface area contributed by atoms with Gasteiger partial charge in [0.05, 0.1) is 4.90 Å². The molecule has 2 aromatic carbocycles. The van der Waals surface area contributed by atoms with E-state index < -0.39 is 15.9 Å². The molecular weight excluding hydrogens is 342 g/mol. The van der Waals surface area contributed by atoms with Crippen LogP contribution in [-0.2, 0) is 10.0 Å². The Balaban J connectivity index is 2.25. The molecule has 7 heteroatoms. The Bertz CT molecular complexity index is 802. The molecule has 0 saturated carbocycles. The molecule has 0 fully saturated rings. The van der Waals surface area contributed by atoms with E-state index in [-0.39, 0.29) is 10.5 Å². The van der Waals surface area contributed by atoms with Crippen LogP contribution < -0.4 is 4.72 Å². The van der Waals surface area contributed by atoms with Crippen molar-refractivity contribution in [2.75, 3.05) is 6.26 Å². The molecule has 0 heterocycles. The smallest absolute Gasteiger partial charge is 0.265 e. The number of halogens is 1. The number of aryl methyl sites for hydroxylation is 1. The zero-order chi connectivity index (χ0) is 16.3. The third-order valence-electron chi connectivity index (χ3n) is 3.03. The maximum Gasteiger partial charge on any atom is 0.265 e. The van der Waals surface area contributed by atoms with Crippen molar-refractivity contribution in [2.45, 2.75) is 16.7 Å². The van der Waals surface area contributed by atoms with Crippen LogP contribution in [0.3, 0.4) is 0 Å². The van der Waals surface area contributed by atoms with Gasteiger partial charge in [-0.3, -0.25) is 4.79 Å². The molecule has 116 valence electrons. The Labute approximate surface area is 138 Å². The van der Waals surface area contributed by atoms with Gasteiger partial charge in [-0.15, -0.1) is 11.8 Å². The summed E-state index contributed by atoms with van der Waals surface area (Å²) in [6.45, 7) is 1.70. The minimum absolute atomic E-state index is 0.0465. The van der Waals surface area contributed by atoms with Gasteiger partial charge < -0.3 is 0 Å². The maximum absolute atomic E-state index is 12.2. The normalized spacial score (nSPS) is 11.2. The highest BCUT2D eigenvalue weighted by molar-refractivity contribution is 7.98. The Morgan fingerprint density at radius 1 is 1.14 bits per heavy atom. The fourth-order valence-corrected chi connectivity index (χ4v) is 3.47. The van der Waals surface area contributed by atoms with Gasteiger partial charge in [0, 0.05) is 15.5 Å². The van der Waals surface area contributed by atoms with Crippen molar-refractivity contribution in [3.05, 3.63) is 58.6 Å². The summed E-state index contributed by atoms with van der Waals surface area (Å²) >= 11 is 7.33. The van der Waals surface area contributed by atoms with Gasteiger partial charge in [-0.2, -0.15) is 0 Å². The molecule has 0 aromatic heterocycles. The molecule has 0 spiro atoms. The third kappa shape index (κ3) is 3.82. The molecule has 2 rings (SSSR count). The number of nitrogens with one attached hydrogen (secondary N) is 1. The van der Waals surface area contributed by atoms with Gasteiger partial charge in [0.2, 0.25) is 0 Å². The third-order valence-corrected chi connectivity index (χ3v) is 5.36. The van der Waals surface area contributed by atoms with Crippen molar-refractivity contribution in [1.82, 2.24) is 4.72 Å². The quantitative estimate of drug-likeness (QED) is 0.853. The van der Waals surface area contributed by atoms with E-state index in [0.29, 0.717) is 10.6 Å². The molecule has 0 aliphatic rings. The monoisotopic (exact) mass is 355 g/mol. The molecule has 0 unspecified atom stereocenters. The van der Waals surface area contributed by atoms with E-state index in [1.807, 2.05) is 6.26 Å². The van der Waals surface area contributed by atoms with Gasteiger partial charge in [-0.05, 0) is 61.2 Å². The number of sulfonamides is 1. The zero-order valence-electron chi connectivity index (χ0n) is 12.0. The second-order valence-electron chi connectivity index (χ2n) is 4.57. The first-order valence-electron chi connectivity index (χ1n) is 6.31. The average Bonchev–Trinajstić information content (AvgIpc) is 2.46. The van der Waals surface area contributed by atoms with Gasteiger partial charge in [0.25, 0.3) is 15.9 Å². The second-order valence-corrected chi connectivity index (χ2v) is 7.57. The minimum Gasteiger partial charge on any atom is -0.268 e. The standard InChI is InChI=1S/C15H14ClNO3S2/c1-10-9-11(16)3-8-14(10)15(18)17-22(19,20)13-6-4-12(21-2)5-7-13/h3-9H,1-2H3,(H,17,18). The highest BCUT2D eigenvalue weighted by Crippen LogP contribution is 2.19. The first-order chi connectivity index (χ1) is 10.3. The van der Waals surface area contributed by atoms with Crippen LogP contribution in [0.5, 0.6) is 0 Å². The summed E-state index contributed by atoms with van der Waals surface area (Å²) in [5, 5.41) is 0.490. The van der Waals surface area contributed by atoms with E-state index in [2.05, 4.69) is 4.72 Å². The van der Waals surface area contributed by atoms with Crippen molar-refractivity contribution >= 4 is 39.3 Å². The van der Waals surface area contributed by atoms with E-state index in [4.69, 9.17) is 11.6 Å². The molecule has 1 amide bonds. The highest BCUT2D eigenvalue weighted by Gasteiger charge is 2.19. The van der Waals surface area contributed by atoms with E-state index in [9.17, 15) is 13.2 Å². The second kappa shape index (κ2) is 6.73. The predicted molar refractivity (Wildman–Crippen MR) is 89.1 cm³/mol. The Morgan fingerprint density at radius 2 is 1.77 bits per heavy atom. The molecule has 0 atom stereocenters. The van der Waals surface area contributed by atoms with Crippen molar-refractivity contribution in [3.63, 3.8) is 0 Å². The molecule has 4 nitrogen and oxygen atoms in total. The van der Waals surface area contributed by atoms with Crippen molar-refractivity contribution < 1.29 is 13.2 Å². The van der Waals surface area contributed by atoms with Crippen LogP contribution in [0.4, 0.5) is 0 Å². The minimum atomic E-state index is -3.90. The summed E-state index contributed by atoms with van der Waals surface area (Å²) in [5.41, 5.74) is 0.881. The van der Waals surface area contributed by atoms with Gasteiger partial charge >= 0.3 is 0 Å². The van der Waals surface area contributed by atoms with Gasteiger partial charge in [-0.25, -0.2) is 13.1 Å². The van der Waals surface area contributed by atoms with Crippen LogP contribution in [0.2, 0.25) is 5.02 Å². The number of amides is 1. The molecule has 0 aliphatic heterocycles. The SMILES string of the molecule is CSc1ccc(S(=O)(=O)NC(=O)c2ccc(Cl)cc2C)cc1. The summed E-state index contributed by atoms with van der Waals surface area (Å²) in [6, 6.07) is 11.0. The predicted octanol–water partition coefficient (Wildman–Crippen LogP) is 3.49.